The molecular weight excluding hydrogens is 527 g/mol. The van der Waals surface area contributed by atoms with Gasteiger partial charge >= 0.3 is 0 Å². The van der Waals surface area contributed by atoms with Gasteiger partial charge in [0.1, 0.15) is 11.6 Å². The molecule has 3 aromatic rings. The Bertz CT molecular complexity index is 1490. The van der Waals surface area contributed by atoms with E-state index in [1.54, 1.807) is 0 Å². The molecule has 1 atom stereocenters. The Balaban J connectivity index is 1.57. The van der Waals surface area contributed by atoms with E-state index in [0.29, 0.717) is 12.8 Å². The molecule has 0 aliphatic carbocycles. The molecule has 0 saturated carbocycles. The first-order chi connectivity index (χ1) is 17.5. The van der Waals surface area contributed by atoms with E-state index >= 15 is 8.78 Å². The number of carbonyl (C=O) groups is 2. The minimum absolute atomic E-state index is 0.0100. The number of halogens is 4. The maximum Gasteiger partial charge on any atom is 0.230 e. The fraction of sp³-hybridized carbons (Fsp3) is 0.259. The first kappa shape index (κ1) is 26.9. The Morgan fingerprint density at radius 1 is 1.03 bits per heavy atom. The fourth-order valence-corrected chi connectivity index (χ4v) is 5.63. The lowest BCUT2D eigenvalue weighted by molar-refractivity contribution is -0.128. The second kappa shape index (κ2) is 10.7. The van der Waals surface area contributed by atoms with Crippen molar-refractivity contribution >= 4 is 38.8 Å². The van der Waals surface area contributed by atoms with Crippen LogP contribution in [0.5, 0.6) is 0 Å². The van der Waals surface area contributed by atoms with Crippen LogP contribution in [0.1, 0.15) is 24.8 Å². The molecule has 1 amide bonds. The summed E-state index contributed by atoms with van der Waals surface area (Å²) >= 11 is 5.74. The van der Waals surface area contributed by atoms with E-state index < -0.39 is 39.1 Å². The lowest BCUT2D eigenvalue weighted by Gasteiger charge is -2.32. The molecule has 5 nitrogen and oxygen atoms in total. The van der Waals surface area contributed by atoms with Crippen LogP contribution in [0.2, 0.25) is 5.02 Å². The van der Waals surface area contributed by atoms with Gasteiger partial charge in [0.25, 0.3) is 0 Å². The number of benzene rings is 3. The number of sulfone groups is 1. The molecule has 0 aromatic heterocycles. The summed E-state index contributed by atoms with van der Waals surface area (Å²) in [6.45, 7) is 0.130. The van der Waals surface area contributed by atoms with Crippen LogP contribution < -0.4 is 4.90 Å². The summed E-state index contributed by atoms with van der Waals surface area (Å²) in [6.07, 6.45) is 1.43. The molecule has 0 spiro atoms. The minimum Gasteiger partial charge on any atom is -0.309 e. The van der Waals surface area contributed by atoms with Crippen molar-refractivity contribution in [3.05, 3.63) is 82.6 Å². The number of nitrogens with zero attached hydrogens (tertiary/aromatic N) is 1. The Hall–Kier alpha value is -3.17. The first-order valence-electron chi connectivity index (χ1n) is 11.5. The molecule has 3 aromatic carbocycles. The summed E-state index contributed by atoms with van der Waals surface area (Å²) in [4.78, 5) is 26.7. The number of hydrogen-bond acceptors (Lipinski definition) is 4. The number of amides is 1. The topological polar surface area (TPSA) is 71.5 Å². The predicted octanol–water partition coefficient (Wildman–Crippen LogP) is 5.77. The third-order valence-electron chi connectivity index (χ3n) is 6.36. The van der Waals surface area contributed by atoms with Crippen molar-refractivity contribution in [3.8, 4) is 11.1 Å². The van der Waals surface area contributed by atoms with Gasteiger partial charge < -0.3 is 4.90 Å². The van der Waals surface area contributed by atoms with Gasteiger partial charge in [-0.05, 0) is 48.7 Å². The normalized spacial score (nSPS) is 16.2. The molecule has 0 unspecified atom stereocenters. The summed E-state index contributed by atoms with van der Waals surface area (Å²) in [5, 5.41) is 0.201. The van der Waals surface area contributed by atoms with Gasteiger partial charge in [-0.25, -0.2) is 21.6 Å². The molecule has 37 heavy (non-hydrogen) atoms. The Labute approximate surface area is 217 Å². The highest BCUT2D eigenvalue weighted by Crippen LogP contribution is 2.36. The average molecular weight is 550 g/mol. The van der Waals surface area contributed by atoms with Crippen molar-refractivity contribution in [3.63, 3.8) is 0 Å². The summed E-state index contributed by atoms with van der Waals surface area (Å²) in [5.41, 5.74) is -0.365. The Morgan fingerprint density at radius 3 is 2.46 bits per heavy atom. The number of Topliss-reactive ketones (excluding diaryl/α,β-unsaturated/α-hetero) is 1. The molecule has 1 aliphatic heterocycles. The first-order valence-corrected chi connectivity index (χ1v) is 13.8. The molecule has 1 heterocycles. The Morgan fingerprint density at radius 2 is 1.76 bits per heavy atom. The standard InChI is InChI=1S/C27H23ClF3NO4S/c1-37(35,36)24-7-3-2-6-20(24)21-10-11-23(26(31)25(21)30)32-12-4-5-17(27(32)34)14-19(33)13-16-8-9-18(28)15-22(16)29/h2-3,6-11,15,17H,4-5,12-14H2,1H3/t17-/m0/s1. The number of ketones is 1. The van der Waals surface area contributed by atoms with Gasteiger partial charge in [0.2, 0.25) is 5.91 Å². The number of anilines is 1. The van der Waals surface area contributed by atoms with Gasteiger partial charge in [-0.15, -0.1) is 0 Å². The quantitative estimate of drug-likeness (QED) is 0.375. The lowest BCUT2D eigenvalue weighted by Crippen LogP contribution is -2.42. The van der Waals surface area contributed by atoms with Gasteiger partial charge in [-0.3, -0.25) is 9.59 Å². The van der Waals surface area contributed by atoms with Crippen LogP contribution in [0.4, 0.5) is 18.9 Å². The van der Waals surface area contributed by atoms with E-state index in [4.69, 9.17) is 11.6 Å². The number of rotatable bonds is 7. The summed E-state index contributed by atoms with van der Waals surface area (Å²) in [7, 11) is -3.71. The van der Waals surface area contributed by atoms with E-state index in [2.05, 4.69) is 0 Å². The van der Waals surface area contributed by atoms with Crippen molar-refractivity contribution in [2.24, 2.45) is 5.92 Å². The van der Waals surface area contributed by atoms with Crippen LogP contribution in [0, 0.1) is 23.4 Å². The molecule has 4 rings (SSSR count). The van der Waals surface area contributed by atoms with Gasteiger partial charge in [0, 0.05) is 47.7 Å². The van der Waals surface area contributed by atoms with E-state index in [9.17, 15) is 22.4 Å². The third kappa shape index (κ3) is 5.72. The maximum absolute atomic E-state index is 15.3. The molecule has 0 radical (unpaired) electrons. The number of piperidine rings is 1. The van der Waals surface area contributed by atoms with Gasteiger partial charge in [-0.1, -0.05) is 35.9 Å². The Kier molecular flexibility index (Phi) is 7.75. The molecular formula is C27H23ClF3NO4S. The highest BCUT2D eigenvalue weighted by Gasteiger charge is 2.34. The summed E-state index contributed by atoms with van der Waals surface area (Å²) in [6, 6.07) is 12.1. The van der Waals surface area contributed by atoms with Crippen molar-refractivity contribution in [2.75, 3.05) is 17.7 Å². The van der Waals surface area contributed by atoms with Crippen LogP contribution in [0.3, 0.4) is 0 Å². The highest BCUT2D eigenvalue weighted by atomic mass is 35.5. The van der Waals surface area contributed by atoms with Crippen LogP contribution in [-0.2, 0) is 25.8 Å². The van der Waals surface area contributed by atoms with Crippen LogP contribution in [0.25, 0.3) is 11.1 Å². The predicted molar refractivity (Wildman–Crippen MR) is 135 cm³/mol. The zero-order valence-corrected chi connectivity index (χ0v) is 21.4. The zero-order chi connectivity index (χ0) is 26.9. The average Bonchev–Trinajstić information content (AvgIpc) is 2.84. The van der Waals surface area contributed by atoms with E-state index in [0.717, 1.165) is 17.2 Å². The largest absolute Gasteiger partial charge is 0.309 e. The summed E-state index contributed by atoms with van der Waals surface area (Å²) < 4.78 is 68.8. The molecule has 1 aliphatic rings. The number of carbonyl (C=O) groups excluding carboxylic acids is 2. The molecule has 0 bridgehead atoms. The molecule has 1 fully saturated rings. The summed E-state index contributed by atoms with van der Waals surface area (Å²) in [5.74, 6) is -4.83. The van der Waals surface area contributed by atoms with Crippen LogP contribution >= 0.6 is 11.6 Å². The van der Waals surface area contributed by atoms with E-state index in [1.807, 2.05) is 0 Å². The fourth-order valence-electron chi connectivity index (χ4n) is 4.57. The smallest absolute Gasteiger partial charge is 0.230 e. The van der Waals surface area contributed by atoms with Gasteiger partial charge in [-0.2, -0.15) is 0 Å². The van der Waals surface area contributed by atoms with Gasteiger partial charge in [0.05, 0.1) is 10.6 Å². The van der Waals surface area contributed by atoms with Crippen molar-refractivity contribution in [1.29, 1.82) is 0 Å². The van der Waals surface area contributed by atoms with Gasteiger partial charge in [0.15, 0.2) is 21.5 Å². The molecule has 194 valence electrons. The van der Waals surface area contributed by atoms with Crippen LogP contribution in [-0.4, -0.2) is 32.9 Å². The molecule has 1 saturated heterocycles. The van der Waals surface area contributed by atoms with Crippen LogP contribution in [0.15, 0.2) is 59.5 Å². The monoisotopic (exact) mass is 549 g/mol. The van der Waals surface area contributed by atoms with E-state index in [1.165, 1.54) is 48.5 Å². The zero-order valence-electron chi connectivity index (χ0n) is 19.8. The molecule has 0 N–H and O–H groups in total. The van der Waals surface area contributed by atoms with Crippen molar-refractivity contribution in [2.45, 2.75) is 30.6 Å². The third-order valence-corrected chi connectivity index (χ3v) is 7.75. The maximum atomic E-state index is 15.3. The number of hydrogen-bond donors (Lipinski definition) is 0. The van der Waals surface area contributed by atoms with Crippen molar-refractivity contribution < 1.29 is 31.2 Å². The minimum atomic E-state index is -3.71. The molecule has 10 heteroatoms. The SMILES string of the molecule is CS(=O)(=O)c1ccccc1-c1ccc(N2CCC[C@@H](CC(=O)Cc3ccc(Cl)cc3F)C2=O)c(F)c1F. The second-order valence-corrected chi connectivity index (χ2v) is 11.4. The highest BCUT2D eigenvalue weighted by molar-refractivity contribution is 7.90. The second-order valence-electron chi connectivity index (χ2n) is 9.01. The van der Waals surface area contributed by atoms with Crippen molar-refractivity contribution in [1.82, 2.24) is 0 Å². The lowest BCUT2D eigenvalue weighted by atomic mass is 9.89. The van der Waals surface area contributed by atoms with E-state index in [-0.39, 0.29) is 57.5 Å².